The Bertz CT molecular complexity index is 640. The average molecular weight is 373 g/mol. The largest absolute Gasteiger partial charge is 0.488 e. The molecule has 23 heavy (non-hydrogen) atoms. The van der Waals surface area contributed by atoms with E-state index in [0.717, 1.165) is 23.3 Å². The van der Waals surface area contributed by atoms with Crippen molar-refractivity contribution in [2.75, 3.05) is 0 Å². The Morgan fingerprint density at radius 2 is 1.78 bits per heavy atom. The van der Waals surface area contributed by atoms with Crippen LogP contribution in [0.3, 0.4) is 0 Å². The molecule has 0 amide bonds. The minimum absolute atomic E-state index is 0.316. The number of hydrogen-bond donors (Lipinski definition) is 1. The fourth-order valence-electron chi connectivity index (χ4n) is 2.08. The maximum atomic E-state index is 6.18. The second kappa shape index (κ2) is 8.79. The van der Waals surface area contributed by atoms with Gasteiger partial charge in [0.25, 0.3) is 0 Å². The zero-order valence-electron chi connectivity index (χ0n) is 13.2. The van der Waals surface area contributed by atoms with Crippen LogP contribution in [0.4, 0.5) is 0 Å². The SMILES string of the molecule is CC[C@@H](C)NCc1cc(Cl)ccc1OCc1c(Cl)cccc1Cl. The molecule has 2 aromatic carbocycles. The van der Waals surface area contributed by atoms with Crippen LogP contribution in [0.2, 0.25) is 15.1 Å². The van der Waals surface area contributed by atoms with Crippen LogP contribution in [0.15, 0.2) is 36.4 Å². The smallest absolute Gasteiger partial charge is 0.124 e. The highest BCUT2D eigenvalue weighted by molar-refractivity contribution is 6.36. The Morgan fingerprint density at radius 1 is 1.09 bits per heavy atom. The molecule has 0 aromatic heterocycles. The summed E-state index contributed by atoms with van der Waals surface area (Å²) in [5.74, 6) is 0.779. The first-order valence-electron chi connectivity index (χ1n) is 7.58. The molecule has 0 unspecified atom stereocenters. The zero-order chi connectivity index (χ0) is 16.8. The summed E-state index contributed by atoms with van der Waals surface area (Å²) in [7, 11) is 0. The molecule has 0 aliphatic rings. The van der Waals surface area contributed by atoms with Crippen molar-refractivity contribution < 1.29 is 4.74 Å². The van der Waals surface area contributed by atoms with E-state index in [4.69, 9.17) is 39.5 Å². The molecule has 1 atom stereocenters. The summed E-state index contributed by atoms with van der Waals surface area (Å²) < 4.78 is 5.94. The summed E-state index contributed by atoms with van der Waals surface area (Å²) in [5, 5.41) is 5.34. The van der Waals surface area contributed by atoms with E-state index in [-0.39, 0.29) is 0 Å². The highest BCUT2D eigenvalue weighted by Crippen LogP contribution is 2.28. The molecule has 0 aliphatic heterocycles. The molecule has 0 heterocycles. The molecule has 0 spiro atoms. The third kappa shape index (κ3) is 5.29. The van der Waals surface area contributed by atoms with Crippen molar-refractivity contribution in [1.29, 1.82) is 0 Å². The van der Waals surface area contributed by atoms with Gasteiger partial charge < -0.3 is 10.1 Å². The first kappa shape index (κ1) is 18.4. The summed E-state index contributed by atoms with van der Waals surface area (Å²) in [6.45, 7) is 5.30. The standard InChI is InChI=1S/C18H20Cl3NO/c1-3-12(2)22-10-13-9-14(19)7-8-18(13)23-11-15-16(20)5-4-6-17(15)21/h4-9,12,22H,3,10-11H2,1-2H3/t12-/m1/s1. The Labute approximate surface area is 152 Å². The molecule has 0 bridgehead atoms. The fraction of sp³-hybridized carbons (Fsp3) is 0.333. The summed E-state index contributed by atoms with van der Waals surface area (Å²) >= 11 is 18.5. The number of ether oxygens (including phenoxy) is 1. The highest BCUT2D eigenvalue weighted by Gasteiger charge is 2.10. The lowest BCUT2D eigenvalue weighted by atomic mass is 10.1. The van der Waals surface area contributed by atoms with Gasteiger partial charge >= 0.3 is 0 Å². The number of benzene rings is 2. The van der Waals surface area contributed by atoms with Crippen LogP contribution in [-0.4, -0.2) is 6.04 Å². The van der Waals surface area contributed by atoms with Gasteiger partial charge in [-0.3, -0.25) is 0 Å². The quantitative estimate of drug-likeness (QED) is 0.632. The first-order valence-corrected chi connectivity index (χ1v) is 8.72. The lowest BCUT2D eigenvalue weighted by Crippen LogP contribution is -2.24. The van der Waals surface area contributed by atoms with Gasteiger partial charge in [0.05, 0.1) is 0 Å². The van der Waals surface area contributed by atoms with Crippen LogP contribution >= 0.6 is 34.8 Å². The van der Waals surface area contributed by atoms with Gasteiger partial charge in [-0.15, -0.1) is 0 Å². The minimum atomic E-state index is 0.316. The third-order valence-electron chi connectivity index (χ3n) is 3.71. The van der Waals surface area contributed by atoms with E-state index < -0.39 is 0 Å². The highest BCUT2D eigenvalue weighted by atomic mass is 35.5. The van der Waals surface area contributed by atoms with Crippen molar-refractivity contribution in [1.82, 2.24) is 5.32 Å². The number of nitrogens with one attached hydrogen (secondary N) is 1. The van der Waals surface area contributed by atoms with E-state index in [9.17, 15) is 0 Å². The molecule has 0 saturated carbocycles. The van der Waals surface area contributed by atoms with E-state index in [2.05, 4.69) is 19.2 Å². The molecule has 2 rings (SSSR count). The van der Waals surface area contributed by atoms with Gasteiger partial charge in [-0.1, -0.05) is 47.8 Å². The Balaban J connectivity index is 2.13. The van der Waals surface area contributed by atoms with Crippen molar-refractivity contribution in [3.8, 4) is 5.75 Å². The predicted molar refractivity (Wildman–Crippen MR) is 98.8 cm³/mol. The van der Waals surface area contributed by atoms with Crippen LogP contribution in [0.1, 0.15) is 31.4 Å². The molecule has 2 aromatic rings. The molecule has 0 radical (unpaired) electrons. The molecule has 0 aliphatic carbocycles. The average Bonchev–Trinajstić information content (AvgIpc) is 2.53. The molecule has 1 N–H and O–H groups in total. The first-order chi connectivity index (χ1) is 11.0. The molecule has 5 heteroatoms. The maximum Gasteiger partial charge on any atom is 0.124 e. The van der Waals surface area contributed by atoms with E-state index in [0.29, 0.717) is 34.3 Å². The molecular weight excluding hydrogens is 353 g/mol. The van der Waals surface area contributed by atoms with E-state index in [1.54, 1.807) is 12.1 Å². The van der Waals surface area contributed by atoms with Crippen LogP contribution in [0.5, 0.6) is 5.75 Å². The number of hydrogen-bond acceptors (Lipinski definition) is 2. The summed E-state index contributed by atoms with van der Waals surface area (Å²) in [6.07, 6.45) is 1.06. The molecule has 124 valence electrons. The van der Waals surface area contributed by atoms with Gasteiger partial charge in [0.1, 0.15) is 12.4 Å². The number of rotatable bonds is 7. The van der Waals surface area contributed by atoms with Crippen molar-refractivity contribution >= 4 is 34.8 Å². The second-order valence-electron chi connectivity index (χ2n) is 5.43. The van der Waals surface area contributed by atoms with Crippen LogP contribution in [0.25, 0.3) is 0 Å². The minimum Gasteiger partial charge on any atom is -0.488 e. The van der Waals surface area contributed by atoms with Gasteiger partial charge in [0.2, 0.25) is 0 Å². The van der Waals surface area contributed by atoms with E-state index in [1.807, 2.05) is 24.3 Å². The number of halogens is 3. The molecule has 0 fully saturated rings. The summed E-state index contributed by atoms with van der Waals surface area (Å²) in [4.78, 5) is 0. The van der Waals surface area contributed by atoms with Crippen molar-refractivity contribution in [2.45, 2.75) is 39.5 Å². The van der Waals surface area contributed by atoms with Crippen molar-refractivity contribution in [3.63, 3.8) is 0 Å². The van der Waals surface area contributed by atoms with Gasteiger partial charge in [-0.25, -0.2) is 0 Å². The Hall–Kier alpha value is -0.930. The maximum absolute atomic E-state index is 6.18. The van der Waals surface area contributed by atoms with E-state index in [1.165, 1.54) is 0 Å². The van der Waals surface area contributed by atoms with Gasteiger partial charge in [-0.05, 0) is 43.7 Å². The van der Waals surface area contributed by atoms with Gasteiger partial charge in [0.15, 0.2) is 0 Å². The Kier molecular flexibility index (Phi) is 7.04. The molecule has 0 saturated heterocycles. The van der Waals surface area contributed by atoms with E-state index >= 15 is 0 Å². The molecule has 2 nitrogen and oxygen atoms in total. The van der Waals surface area contributed by atoms with Crippen LogP contribution < -0.4 is 10.1 Å². The van der Waals surface area contributed by atoms with Crippen molar-refractivity contribution in [3.05, 3.63) is 62.6 Å². The molecular formula is C18H20Cl3NO. The van der Waals surface area contributed by atoms with Crippen molar-refractivity contribution in [2.24, 2.45) is 0 Å². The second-order valence-corrected chi connectivity index (χ2v) is 6.68. The Morgan fingerprint density at radius 3 is 2.43 bits per heavy atom. The van der Waals surface area contributed by atoms with Crippen LogP contribution in [0, 0.1) is 0 Å². The lowest BCUT2D eigenvalue weighted by Gasteiger charge is -2.16. The lowest BCUT2D eigenvalue weighted by molar-refractivity contribution is 0.301. The normalized spacial score (nSPS) is 12.2. The fourth-order valence-corrected chi connectivity index (χ4v) is 2.78. The summed E-state index contributed by atoms with van der Waals surface area (Å²) in [5.41, 5.74) is 1.80. The topological polar surface area (TPSA) is 21.3 Å². The van der Waals surface area contributed by atoms with Gasteiger partial charge in [0, 0.05) is 38.8 Å². The summed E-state index contributed by atoms with van der Waals surface area (Å²) in [6, 6.07) is 11.5. The predicted octanol–water partition coefficient (Wildman–Crippen LogP) is 6.11. The zero-order valence-corrected chi connectivity index (χ0v) is 15.5. The van der Waals surface area contributed by atoms with Crippen LogP contribution in [-0.2, 0) is 13.2 Å². The van der Waals surface area contributed by atoms with Gasteiger partial charge in [-0.2, -0.15) is 0 Å². The monoisotopic (exact) mass is 371 g/mol. The third-order valence-corrected chi connectivity index (χ3v) is 4.65.